The van der Waals surface area contributed by atoms with Crippen molar-refractivity contribution < 1.29 is 9.53 Å². The molecule has 1 amide bonds. The van der Waals surface area contributed by atoms with Gasteiger partial charge in [0.25, 0.3) is 0 Å². The minimum atomic E-state index is 0. The van der Waals surface area contributed by atoms with Crippen molar-refractivity contribution in [1.82, 2.24) is 4.90 Å². The van der Waals surface area contributed by atoms with Gasteiger partial charge in [0.1, 0.15) is 0 Å². The van der Waals surface area contributed by atoms with Crippen LogP contribution in [0.2, 0.25) is 0 Å². The molecule has 0 aliphatic carbocycles. The highest BCUT2D eigenvalue weighted by molar-refractivity contribution is 5.85. The predicted molar refractivity (Wildman–Crippen MR) is 55.4 cm³/mol. The summed E-state index contributed by atoms with van der Waals surface area (Å²) in [7, 11) is 0. The van der Waals surface area contributed by atoms with E-state index in [1.807, 2.05) is 4.90 Å². The molecule has 0 spiro atoms. The van der Waals surface area contributed by atoms with E-state index >= 15 is 0 Å². The van der Waals surface area contributed by atoms with Gasteiger partial charge in [0, 0.05) is 25.6 Å². The molecule has 2 heterocycles. The average molecular weight is 221 g/mol. The van der Waals surface area contributed by atoms with Crippen LogP contribution in [0.4, 0.5) is 0 Å². The number of hydrogen-bond donors (Lipinski definition) is 1. The number of amides is 1. The van der Waals surface area contributed by atoms with E-state index in [-0.39, 0.29) is 30.4 Å². The summed E-state index contributed by atoms with van der Waals surface area (Å²) >= 11 is 0. The zero-order chi connectivity index (χ0) is 9.26. The molecule has 4 nitrogen and oxygen atoms in total. The Morgan fingerprint density at radius 2 is 2.29 bits per heavy atom. The van der Waals surface area contributed by atoms with Crippen molar-refractivity contribution in [2.45, 2.75) is 31.3 Å². The van der Waals surface area contributed by atoms with Crippen LogP contribution in [0.1, 0.15) is 19.3 Å². The van der Waals surface area contributed by atoms with Crippen LogP contribution < -0.4 is 5.73 Å². The lowest BCUT2D eigenvalue weighted by molar-refractivity contribution is -0.132. The number of halogens is 1. The van der Waals surface area contributed by atoms with Gasteiger partial charge in [-0.1, -0.05) is 0 Å². The van der Waals surface area contributed by atoms with Gasteiger partial charge in [-0.05, 0) is 12.8 Å². The van der Waals surface area contributed by atoms with E-state index in [9.17, 15) is 4.79 Å². The van der Waals surface area contributed by atoms with Gasteiger partial charge in [-0.15, -0.1) is 12.4 Å². The molecular formula is C9H17ClN2O2. The van der Waals surface area contributed by atoms with Crippen LogP contribution in [0.5, 0.6) is 0 Å². The molecule has 2 N–H and O–H groups in total. The molecule has 0 bridgehead atoms. The van der Waals surface area contributed by atoms with Crippen molar-refractivity contribution in [3.05, 3.63) is 0 Å². The number of rotatable bonds is 1. The van der Waals surface area contributed by atoms with E-state index in [0.717, 1.165) is 26.0 Å². The maximum atomic E-state index is 11.4. The third-order valence-electron chi connectivity index (χ3n) is 2.89. The molecule has 2 atom stereocenters. The molecule has 2 saturated heterocycles. The van der Waals surface area contributed by atoms with Crippen molar-refractivity contribution in [1.29, 1.82) is 0 Å². The molecule has 2 aliphatic rings. The molecule has 0 aromatic carbocycles. The summed E-state index contributed by atoms with van der Waals surface area (Å²) in [6.45, 7) is 2.22. The lowest BCUT2D eigenvalue weighted by atomic mass is 10.0. The smallest absolute Gasteiger partial charge is 0.223 e. The van der Waals surface area contributed by atoms with Gasteiger partial charge in [0.05, 0.1) is 12.6 Å². The second kappa shape index (κ2) is 4.96. The summed E-state index contributed by atoms with van der Waals surface area (Å²) in [5.41, 5.74) is 5.95. The van der Waals surface area contributed by atoms with Gasteiger partial charge in [-0.25, -0.2) is 0 Å². The standard InChI is InChI=1S/C9H16N2O2.ClH/c10-7-3-5-13-6-8(7)11-4-1-2-9(11)12;/h7-8H,1-6,10H2;1H/t7-,8-;/m1./s1. The summed E-state index contributed by atoms with van der Waals surface area (Å²) in [4.78, 5) is 13.3. The molecule has 0 radical (unpaired) electrons. The Kier molecular flexibility index (Phi) is 4.16. The van der Waals surface area contributed by atoms with Crippen LogP contribution >= 0.6 is 12.4 Å². The SMILES string of the molecule is Cl.N[C@@H]1CCOC[C@H]1N1CCCC1=O. The number of carbonyl (C=O) groups excluding carboxylic acids is 1. The fourth-order valence-corrected chi connectivity index (χ4v) is 2.08. The Labute approximate surface area is 90.2 Å². The predicted octanol–water partition coefficient (Wildman–Crippen LogP) is 0.147. The van der Waals surface area contributed by atoms with Crippen molar-refractivity contribution in [2.75, 3.05) is 19.8 Å². The maximum Gasteiger partial charge on any atom is 0.223 e. The Bertz CT molecular complexity index is 213. The lowest BCUT2D eigenvalue weighted by Crippen LogP contribution is -2.53. The molecule has 2 fully saturated rings. The minimum Gasteiger partial charge on any atom is -0.379 e. The Balaban J connectivity index is 0.000000980. The third kappa shape index (κ3) is 2.19. The van der Waals surface area contributed by atoms with Crippen LogP contribution in [-0.4, -0.2) is 42.6 Å². The first-order valence-corrected chi connectivity index (χ1v) is 4.92. The van der Waals surface area contributed by atoms with Crippen molar-refractivity contribution >= 4 is 18.3 Å². The van der Waals surface area contributed by atoms with E-state index in [1.165, 1.54) is 0 Å². The highest BCUT2D eigenvalue weighted by Gasteiger charge is 2.33. The number of hydrogen-bond acceptors (Lipinski definition) is 3. The van der Waals surface area contributed by atoms with Crippen LogP contribution in [0.25, 0.3) is 0 Å². The first-order chi connectivity index (χ1) is 6.29. The molecule has 0 saturated carbocycles. The van der Waals surface area contributed by atoms with Gasteiger partial charge < -0.3 is 15.4 Å². The van der Waals surface area contributed by atoms with E-state index < -0.39 is 0 Å². The van der Waals surface area contributed by atoms with E-state index in [1.54, 1.807) is 0 Å². The van der Waals surface area contributed by atoms with Gasteiger partial charge in [0.15, 0.2) is 0 Å². The monoisotopic (exact) mass is 220 g/mol. The lowest BCUT2D eigenvalue weighted by Gasteiger charge is -2.35. The van der Waals surface area contributed by atoms with Crippen LogP contribution in [0.15, 0.2) is 0 Å². The number of ether oxygens (including phenoxy) is 1. The highest BCUT2D eigenvalue weighted by atomic mass is 35.5. The van der Waals surface area contributed by atoms with Gasteiger partial charge in [0.2, 0.25) is 5.91 Å². The zero-order valence-corrected chi connectivity index (χ0v) is 8.96. The average Bonchev–Trinajstić information content (AvgIpc) is 2.52. The Morgan fingerprint density at radius 1 is 1.50 bits per heavy atom. The summed E-state index contributed by atoms with van der Waals surface area (Å²) < 4.78 is 5.34. The van der Waals surface area contributed by atoms with Gasteiger partial charge in [-0.2, -0.15) is 0 Å². The number of likely N-dealkylation sites (tertiary alicyclic amines) is 1. The Morgan fingerprint density at radius 3 is 2.86 bits per heavy atom. The van der Waals surface area contributed by atoms with Gasteiger partial charge >= 0.3 is 0 Å². The van der Waals surface area contributed by atoms with Crippen LogP contribution in [0.3, 0.4) is 0 Å². The molecule has 14 heavy (non-hydrogen) atoms. The normalized spacial score (nSPS) is 32.9. The van der Waals surface area contributed by atoms with Crippen molar-refractivity contribution in [3.8, 4) is 0 Å². The summed E-state index contributed by atoms with van der Waals surface area (Å²) in [6.07, 6.45) is 2.53. The van der Waals surface area contributed by atoms with E-state index in [0.29, 0.717) is 13.0 Å². The van der Waals surface area contributed by atoms with Crippen molar-refractivity contribution in [3.63, 3.8) is 0 Å². The molecule has 0 unspecified atom stereocenters. The number of carbonyl (C=O) groups is 1. The number of nitrogens with zero attached hydrogens (tertiary/aromatic N) is 1. The molecule has 2 rings (SSSR count). The summed E-state index contributed by atoms with van der Waals surface area (Å²) in [5, 5.41) is 0. The highest BCUT2D eigenvalue weighted by Crippen LogP contribution is 2.19. The third-order valence-corrected chi connectivity index (χ3v) is 2.89. The van der Waals surface area contributed by atoms with E-state index in [2.05, 4.69) is 0 Å². The van der Waals surface area contributed by atoms with Gasteiger partial charge in [-0.3, -0.25) is 4.79 Å². The second-order valence-electron chi connectivity index (χ2n) is 3.79. The van der Waals surface area contributed by atoms with Crippen LogP contribution in [-0.2, 0) is 9.53 Å². The second-order valence-corrected chi connectivity index (χ2v) is 3.79. The Hall–Kier alpha value is -0.320. The summed E-state index contributed by atoms with van der Waals surface area (Å²) in [6, 6.07) is 0.236. The maximum absolute atomic E-state index is 11.4. The first-order valence-electron chi connectivity index (χ1n) is 4.92. The molecule has 0 aromatic rings. The minimum absolute atomic E-state index is 0. The van der Waals surface area contributed by atoms with Crippen LogP contribution in [0, 0.1) is 0 Å². The molecule has 5 heteroatoms. The molecule has 0 aromatic heterocycles. The first kappa shape index (κ1) is 11.8. The molecular weight excluding hydrogens is 204 g/mol. The zero-order valence-electron chi connectivity index (χ0n) is 8.15. The number of nitrogens with two attached hydrogens (primary N) is 1. The molecule has 2 aliphatic heterocycles. The van der Waals surface area contributed by atoms with Crippen molar-refractivity contribution in [2.24, 2.45) is 5.73 Å². The largest absolute Gasteiger partial charge is 0.379 e. The fourth-order valence-electron chi connectivity index (χ4n) is 2.08. The fraction of sp³-hybridized carbons (Fsp3) is 0.889. The topological polar surface area (TPSA) is 55.6 Å². The molecule has 82 valence electrons. The quantitative estimate of drug-likeness (QED) is 0.685. The summed E-state index contributed by atoms with van der Waals surface area (Å²) in [5.74, 6) is 0.242. The van der Waals surface area contributed by atoms with E-state index in [4.69, 9.17) is 10.5 Å².